The number of benzene rings is 8. The predicted octanol–water partition coefficient (Wildman–Crippen LogP) is 12.1. The van der Waals surface area contributed by atoms with E-state index in [-0.39, 0.29) is 58.8 Å². The van der Waals surface area contributed by atoms with Crippen molar-refractivity contribution >= 4 is 11.8 Å². The fraction of sp³-hybridized carbons (Fsp3) is 0.351. The van der Waals surface area contributed by atoms with Crippen LogP contribution >= 0.6 is 11.8 Å². The Morgan fingerprint density at radius 1 is 0.315 bits per heavy atom. The van der Waals surface area contributed by atoms with Gasteiger partial charge in [-0.1, -0.05) is 249 Å². The fourth-order valence-electron chi connectivity index (χ4n) is 11.4. The van der Waals surface area contributed by atoms with Crippen LogP contribution in [0, 0.1) is 5.92 Å². The van der Waals surface area contributed by atoms with Crippen LogP contribution in [-0.4, -0.2) is 115 Å². The van der Waals surface area contributed by atoms with E-state index >= 15 is 0 Å². The summed E-state index contributed by atoms with van der Waals surface area (Å²) < 4.78 is 82.8. The first kappa shape index (κ1) is 64.1. The number of aliphatic hydroxyl groups excluding tert-OH is 2. The number of hydrogen-bond acceptors (Lipinski definition) is 15. The van der Waals surface area contributed by atoms with Gasteiger partial charge in [-0.15, -0.1) is 0 Å². The summed E-state index contributed by atoms with van der Waals surface area (Å²) in [7, 11) is 0. The van der Waals surface area contributed by atoms with Crippen molar-refractivity contribution in [3.05, 3.63) is 282 Å². The third-order valence-corrected chi connectivity index (χ3v) is 17.3. The van der Waals surface area contributed by atoms with Gasteiger partial charge in [-0.2, -0.15) is 0 Å². The second-order valence-electron chi connectivity index (χ2n) is 22.6. The molecule has 0 saturated carbocycles. The fourth-order valence-corrected chi connectivity index (χ4v) is 12.5. The number of thioether (sulfide) groups is 1. The molecule has 0 amide bonds. The summed E-state index contributed by atoms with van der Waals surface area (Å²) in [6.07, 6.45) is -12.9. The lowest BCUT2D eigenvalue weighted by Gasteiger charge is -2.50. The van der Waals surface area contributed by atoms with E-state index in [0.29, 0.717) is 13.2 Å². The molecule has 15 heteroatoms. The molecule has 3 saturated heterocycles. The van der Waals surface area contributed by atoms with E-state index in [2.05, 4.69) is 0 Å². The van der Waals surface area contributed by atoms with Gasteiger partial charge >= 0.3 is 0 Å². The van der Waals surface area contributed by atoms with Crippen molar-refractivity contribution in [2.24, 2.45) is 5.92 Å². The molecular formula is C74H80O14S. The molecule has 0 spiro atoms. The maximum Gasteiger partial charge on any atom is 0.187 e. The lowest BCUT2D eigenvalue weighted by Crippen LogP contribution is -2.65. The standard InChI is InChI=1S/C74H80O14S/c1-52-61(49-77-42-53-26-10-2-11-27-53)85-73(64(75)66(52)79-44-55-30-14-4-15-31-55)88-70-68(81-46-57-34-18-6-19-35-57)63(87-74(89-60-40-24-9-25-41-60)71(70)83-48-59-38-22-8-23-39-59)51-84-72-65(76)69(82-47-58-36-20-7-21-37-58)67(80-45-56-32-16-5-17-33-56)62(86-72)50-78-43-54-28-12-3-13-29-54/h2-41,52,61-76H,42-51H2,1H3/t52-,61?,62?,63?,64?,65?,66-,67-,68-,69+,70-,71?,72+,73-,74-/m0/s1. The minimum Gasteiger partial charge on any atom is -0.385 e. The van der Waals surface area contributed by atoms with Crippen molar-refractivity contribution in [2.75, 3.05) is 19.8 Å². The molecule has 3 aliphatic rings. The van der Waals surface area contributed by atoms with E-state index in [9.17, 15) is 10.2 Å². The van der Waals surface area contributed by atoms with Gasteiger partial charge in [-0.25, -0.2) is 0 Å². The molecule has 3 aliphatic heterocycles. The minimum atomic E-state index is -1.37. The largest absolute Gasteiger partial charge is 0.385 e. The van der Waals surface area contributed by atoms with Gasteiger partial charge in [0.1, 0.15) is 60.4 Å². The number of aliphatic hydroxyl groups is 2. The van der Waals surface area contributed by atoms with E-state index in [1.165, 1.54) is 11.8 Å². The Morgan fingerprint density at radius 2 is 0.640 bits per heavy atom. The molecule has 89 heavy (non-hydrogen) atoms. The maximum atomic E-state index is 12.8. The maximum absolute atomic E-state index is 12.8. The van der Waals surface area contributed by atoms with E-state index < -0.39 is 85.2 Å². The second kappa shape index (κ2) is 33.6. The van der Waals surface area contributed by atoms with Crippen molar-refractivity contribution in [3.63, 3.8) is 0 Å². The van der Waals surface area contributed by atoms with Crippen LogP contribution in [0.25, 0.3) is 0 Å². The first-order chi connectivity index (χ1) is 43.9. The first-order valence-corrected chi connectivity index (χ1v) is 31.6. The Kier molecular flexibility index (Phi) is 24.2. The minimum absolute atomic E-state index is 0.0810. The number of ether oxygens (including phenoxy) is 12. The molecule has 466 valence electrons. The van der Waals surface area contributed by atoms with E-state index in [1.807, 2.05) is 250 Å². The van der Waals surface area contributed by atoms with Gasteiger partial charge < -0.3 is 67.1 Å². The lowest BCUT2D eigenvalue weighted by molar-refractivity contribution is -0.350. The molecule has 0 radical (unpaired) electrons. The van der Waals surface area contributed by atoms with Crippen LogP contribution in [0.1, 0.15) is 45.9 Å². The van der Waals surface area contributed by atoms with Crippen molar-refractivity contribution in [3.8, 4) is 0 Å². The molecule has 8 aromatic carbocycles. The molecule has 11 rings (SSSR count). The van der Waals surface area contributed by atoms with Crippen LogP contribution in [0.5, 0.6) is 0 Å². The molecule has 6 unspecified atom stereocenters. The zero-order valence-corrected chi connectivity index (χ0v) is 50.8. The van der Waals surface area contributed by atoms with Crippen LogP contribution < -0.4 is 0 Å². The number of rotatable bonds is 30. The highest BCUT2D eigenvalue weighted by Crippen LogP contribution is 2.41. The van der Waals surface area contributed by atoms with Crippen molar-refractivity contribution < 1.29 is 67.1 Å². The zero-order chi connectivity index (χ0) is 60.8. The summed E-state index contributed by atoms with van der Waals surface area (Å²) in [4.78, 5) is 0.907. The van der Waals surface area contributed by atoms with Gasteiger partial charge in [0, 0.05) is 10.8 Å². The van der Waals surface area contributed by atoms with Gasteiger partial charge in [-0.05, 0) is 51.1 Å². The van der Waals surface area contributed by atoms with Crippen LogP contribution in [0.15, 0.2) is 248 Å². The summed E-state index contributed by atoms with van der Waals surface area (Å²) >= 11 is 1.47. The zero-order valence-electron chi connectivity index (χ0n) is 50.0. The summed E-state index contributed by atoms with van der Waals surface area (Å²) in [5.41, 5.74) is 5.84. The molecule has 3 heterocycles. The Balaban J connectivity index is 0.939. The monoisotopic (exact) mass is 1220 g/mol. The number of hydrogen-bond donors (Lipinski definition) is 2. The highest BCUT2D eigenvalue weighted by atomic mass is 32.2. The van der Waals surface area contributed by atoms with E-state index in [4.69, 9.17) is 56.8 Å². The SMILES string of the molecule is C[C@H]1C(COCc2ccccc2)O[C@@H](O[C@@H]2C(OCc3ccccc3)[C@H](Sc3ccccc3)OC(CO[C@@H]3OC(COCc4ccccc4)[C@H](OCc4ccccc4)[C@H](OCc4ccccc4)C3O)[C@@H]2OCc2ccccc2)C(O)[C@H]1OCc1ccccc1. The Morgan fingerprint density at radius 3 is 1.08 bits per heavy atom. The molecule has 14 nitrogen and oxygen atoms in total. The smallest absolute Gasteiger partial charge is 0.187 e. The topological polar surface area (TPSA) is 151 Å². The lowest BCUT2D eigenvalue weighted by atomic mass is 9.90. The molecule has 0 aromatic heterocycles. The van der Waals surface area contributed by atoms with Crippen LogP contribution in [-0.2, 0) is 103 Å². The van der Waals surface area contributed by atoms with Crippen molar-refractivity contribution in [1.82, 2.24) is 0 Å². The highest BCUT2D eigenvalue weighted by Gasteiger charge is 2.54. The van der Waals surface area contributed by atoms with Crippen LogP contribution in [0.2, 0.25) is 0 Å². The van der Waals surface area contributed by atoms with Gasteiger partial charge in [0.25, 0.3) is 0 Å². The van der Waals surface area contributed by atoms with E-state index in [1.54, 1.807) is 0 Å². The Bertz CT molecular complexity index is 3220. The van der Waals surface area contributed by atoms with Gasteiger partial charge in [0.05, 0.1) is 78.3 Å². The second-order valence-corrected chi connectivity index (χ2v) is 23.8. The third-order valence-electron chi connectivity index (χ3n) is 16.2. The van der Waals surface area contributed by atoms with Gasteiger partial charge in [-0.3, -0.25) is 0 Å². The first-order valence-electron chi connectivity index (χ1n) is 30.7. The quantitative estimate of drug-likeness (QED) is 0.0439. The average molecular weight is 1230 g/mol. The molecule has 2 N–H and O–H groups in total. The van der Waals surface area contributed by atoms with Crippen LogP contribution in [0.3, 0.4) is 0 Å². The van der Waals surface area contributed by atoms with Crippen LogP contribution in [0.4, 0.5) is 0 Å². The molecular weight excluding hydrogens is 1140 g/mol. The molecule has 3 fully saturated rings. The van der Waals surface area contributed by atoms with E-state index in [0.717, 1.165) is 43.8 Å². The molecule has 15 atom stereocenters. The average Bonchev–Trinajstić information content (AvgIpc) is 2.71. The summed E-state index contributed by atoms with van der Waals surface area (Å²) in [5.74, 6) is -0.338. The third kappa shape index (κ3) is 18.4. The Labute approximate surface area is 526 Å². The summed E-state index contributed by atoms with van der Waals surface area (Å²) in [6.45, 7) is 3.70. The summed E-state index contributed by atoms with van der Waals surface area (Å²) in [5, 5.41) is 25.5. The normalized spacial score (nSPS) is 27.0. The Hall–Kier alpha value is -6.45. The van der Waals surface area contributed by atoms with Crippen molar-refractivity contribution in [2.45, 2.75) is 143 Å². The van der Waals surface area contributed by atoms with Crippen molar-refractivity contribution in [1.29, 1.82) is 0 Å². The molecule has 0 aliphatic carbocycles. The summed E-state index contributed by atoms with van der Waals surface area (Å²) in [6, 6.07) is 79.2. The highest BCUT2D eigenvalue weighted by molar-refractivity contribution is 7.99. The van der Waals surface area contributed by atoms with Gasteiger partial charge in [0.15, 0.2) is 12.6 Å². The molecule has 0 bridgehead atoms. The molecule has 8 aromatic rings. The van der Waals surface area contributed by atoms with Gasteiger partial charge in [0.2, 0.25) is 0 Å². The predicted molar refractivity (Wildman–Crippen MR) is 338 cm³/mol.